The van der Waals surface area contributed by atoms with E-state index in [0.717, 1.165) is 23.2 Å². The van der Waals surface area contributed by atoms with E-state index < -0.39 is 0 Å². The van der Waals surface area contributed by atoms with Gasteiger partial charge in [0.15, 0.2) is 0 Å². The van der Waals surface area contributed by atoms with Crippen LogP contribution >= 0.6 is 0 Å². The molecule has 5 heteroatoms. The van der Waals surface area contributed by atoms with E-state index in [1.165, 1.54) is 0 Å². The molecule has 0 spiro atoms. The number of aromatic nitrogens is 2. The molecule has 1 fully saturated rings. The summed E-state index contributed by atoms with van der Waals surface area (Å²) in [5.74, 6) is 0.359. The second kappa shape index (κ2) is 7.04. The van der Waals surface area contributed by atoms with Crippen molar-refractivity contribution in [2.75, 3.05) is 5.01 Å². The van der Waals surface area contributed by atoms with Gasteiger partial charge < -0.3 is 0 Å². The molecule has 0 bridgehead atoms. The lowest BCUT2D eigenvalue weighted by Crippen LogP contribution is -2.43. The van der Waals surface area contributed by atoms with Gasteiger partial charge in [-0.3, -0.25) is 19.9 Å². The molecule has 0 unspecified atom stereocenters. The van der Waals surface area contributed by atoms with Crippen LogP contribution in [0.2, 0.25) is 0 Å². The van der Waals surface area contributed by atoms with E-state index in [2.05, 4.69) is 22.7 Å². The highest BCUT2D eigenvalue weighted by atomic mass is 16.2. The first kappa shape index (κ1) is 16.4. The van der Waals surface area contributed by atoms with Gasteiger partial charge in [-0.05, 0) is 35.6 Å². The third kappa shape index (κ3) is 3.61. The molecule has 1 saturated carbocycles. The summed E-state index contributed by atoms with van der Waals surface area (Å²) in [4.78, 5) is 12.8. The fraction of sp³-hybridized carbons (Fsp3) is 0.238. The predicted molar refractivity (Wildman–Crippen MR) is 101 cm³/mol. The van der Waals surface area contributed by atoms with Gasteiger partial charge in [0.25, 0.3) is 0 Å². The minimum Gasteiger partial charge on any atom is -0.281 e. The smallest absolute Gasteiger partial charge is 0.242 e. The van der Waals surface area contributed by atoms with Crippen molar-refractivity contribution >= 4 is 11.6 Å². The highest BCUT2D eigenvalue weighted by Crippen LogP contribution is 2.47. The SMILES string of the molecule is Cn1cc([C@H]2C[C@@H]2C(=O)NN(Cc2ccccc2)c2ccccc2)cn1. The van der Waals surface area contributed by atoms with E-state index in [1.54, 1.807) is 4.68 Å². The maximum Gasteiger partial charge on any atom is 0.242 e. The van der Waals surface area contributed by atoms with Crippen molar-refractivity contribution in [1.29, 1.82) is 0 Å². The number of hydrogen-bond donors (Lipinski definition) is 1. The summed E-state index contributed by atoms with van der Waals surface area (Å²) in [6, 6.07) is 20.1. The molecule has 2 aromatic carbocycles. The molecular weight excluding hydrogens is 324 g/mol. The van der Waals surface area contributed by atoms with Crippen molar-refractivity contribution in [2.24, 2.45) is 13.0 Å². The number of amides is 1. The van der Waals surface area contributed by atoms with Crippen LogP contribution in [0.1, 0.15) is 23.5 Å². The lowest BCUT2D eigenvalue weighted by Gasteiger charge is -2.25. The van der Waals surface area contributed by atoms with Gasteiger partial charge in [-0.1, -0.05) is 48.5 Å². The van der Waals surface area contributed by atoms with Gasteiger partial charge in [-0.25, -0.2) is 0 Å². The molecule has 2 atom stereocenters. The third-order valence-corrected chi connectivity index (χ3v) is 4.78. The lowest BCUT2D eigenvalue weighted by molar-refractivity contribution is -0.122. The summed E-state index contributed by atoms with van der Waals surface area (Å²) >= 11 is 0. The molecule has 1 aliphatic rings. The van der Waals surface area contributed by atoms with Gasteiger partial charge in [-0.15, -0.1) is 0 Å². The highest BCUT2D eigenvalue weighted by molar-refractivity contribution is 5.84. The quantitative estimate of drug-likeness (QED) is 0.697. The molecule has 1 aromatic heterocycles. The number of para-hydroxylation sites is 1. The standard InChI is InChI=1S/C21H22N4O/c1-24-15-17(13-22-24)19-12-20(19)21(26)23-25(18-10-6-3-7-11-18)14-16-8-4-2-5-9-16/h2-11,13,15,19-20H,12,14H2,1H3,(H,23,26)/t19-,20+/m1/s1. The molecule has 132 valence electrons. The number of anilines is 1. The van der Waals surface area contributed by atoms with Crippen LogP contribution in [0.15, 0.2) is 73.1 Å². The zero-order valence-electron chi connectivity index (χ0n) is 14.7. The number of rotatable bonds is 6. The van der Waals surface area contributed by atoms with E-state index in [1.807, 2.05) is 73.0 Å². The minimum absolute atomic E-state index is 0.0150. The summed E-state index contributed by atoms with van der Waals surface area (Å²) in [6.45, 7) is 0.626. The largest absolute Gasteiger partial charge is 0.281 e. The molecule has 26 heavy (non-hydrogen) atoms. The number of aryl methyl sites for hydroxylation is 1. The number of hydrogen-bond acceptors (Lipinski definition) is 3. The Kier molecular flexibility index (Phi) is 4.44. The van der Waals surface area contributed by atoms with E-state index in [-0.39, 0.29) is 17.7 Å². The topological polar surface area (TPSA) is 50.2 Å². The van der Waals surface area contributed by atoms with Crippen LogP contribution in [0.3, 0.4) is 0 Å². The molecule has 1 heterocycles. The summed E-state index contributed by atoms with van der Waals surface area (Å²) in [5.41, 5.74) is 6.38. The number of carbonyl (C=O) groups excluding carboxylic acids is 1. The molecule has 5 nitrogen and oxygen atoms in total. The van der Waals surface area contributed by atoms with Gasteiger partial charge in [-0.2, -0.15) is 5.10 Å². The Morgan fingerprint density at radius 1 is 1.15 bits per heavy atom. The summed E-state index contributed by atoms with van der Waals surface area (Å²) < 4.78 is 1.79. The van der Waals surface area contributed by atoms with Crippen molar-refractivity contribution in [3.8, 4) is 0 Å². The zero-order valence-corrected chi connectivity index (χ0v) is 14.7. The van der Waals surface area contributed by atoms with E-state index in [4.69, 9.17) is 0 Å². The molecule has 3 aromatic rings. The minimum atomic E-state index is 0.0150. The van der Waals surface area contributed by atoms with Crippen LogP contribution < -0.4 is 10.4 Å². The number of carbonyl (C=O) groups is 1. The Balaban J connectivity index is 1.47. The fourth-order valence-corrected chi connectivity index (χ4v) is 3.27. The van der Waals surface area contributed by atoms with E-state index in [0.29, 0.717) is 6.54 Å². The van der Waals surface area contributed by atoms with Crippen LogP contribution in [0, 0.1) is 5.92 Å². The molecule has 4 rings (SSSR count). The van der Waals surface area contributed by atoms with Crippen molar-refractivity contribution < 1.29 is 4.79 Å². The predicted octanol–water partition coefficient (Wildman–Crippen LogP) is 3.26. The van der Waals surface area contributed by atoms with Crippen molar-refractivity contribution in [2.45, 2.75) is 18.9 Å². The van der Waals surface area contributed by atoms with Gasteiger partial charge in [0, 0.05) is 19.2 Å². The first-order valence-electron chi connectivity index (χ1n) is 8.86. The Hall–Kier alpha value is -3.08. The van der Waals surface area contributed by atoms with Crippen LogP contribution in [-0.2, 0) is 18.4 Å². The summed E-state index contributed by atoms with van der Waals surface area (Å²) in [6.07, 6.45) is 4.74. The molecule has 0 aliphatic heterocycles. The Morgan fingerprint density at radius 3 is 2.50 bits per heavy atom. The second-order valence-electron chi connectivity index (χ2n) is 6.78. The molecule has 1 N–H and O–H groups in total. The first-order valence-corrected chi connectivity index (χ1v) is 8.86. The highest BCUT2D eigenvalue weighted by Gasteiger charge is 2.45. The maximum atomic E-state index is 12.8. The second-order valence-corrected chi connectivity index (χ2v) is 6.78. The normalized spacial score (nSPS) is 18.3. The van der Waals surface area contributed by atoms with Crippen molar-refractivity contribution in [3.63, 3.8) is 0 Å². The maximum absolute atomic E-state index is 12.8. The molecule has 1 amide bonds. The molecule has 0 saturated heterocycles. The number of benzene rings is 2. The van der Waals surface area contributed by atoms with Gasteiger partial charge in [0.05, 0.1) is 18.4 Å². The number of hydrazine groups is 1. The Labute approximate surface area is 153 Å². The van der Waals surface area contributed by atoms with Crippen LogP contribution in [0.25, 0.3) is 0 Å². The summed E-state index contributed by atoms with van der Waals surface area (Å²) in [7, 11) is 1.90. The number of nitrogens with zero attached hydrogens (tertiary/aromatic N) is 3. The Morgan fingerprint density at radius 2 is 1.85 bits per heavy atom. The van der Waals surface area contributed by atoms with E-state index in [9.17, 15) is 4.79 Å². The third-order valence-electron chi connectivity index (χ3n) is 4.78. The van der Waals surface area contributed by atoms with Crippen molar-refractivity contribution in [3.05, 3.63) is 84.2 Å². The average molecular weight is 346 g/mol. The van der Waals surface area contributed by atoms with E-state index >= 15 is 0 Å². The van der Waals surface area contributed by atoms with Crippen LogP contribution in [-0.4, -0.2) is 15.7 Å². The fourth-order valence-electron chi connectivity index (χ4n) is 3.27. The monoisotopic (exact) mass is 346 g/mol. The zero-order chi connectivity index (χ0) is 17.9. The molecule has 1 aliphatic carbocycles. The average Bonchev–Trinajstić information content (AvgIpc) is 3.37. The van der Waals surface area contributed by atoms with Gasteiger partial charge in [0.1, 0.15) is 0 Å². The molecule has 0 radical (unpaired) electrons. The van der Waals surface area contributed by atoms with Crippen molar-refractivity contribution in [1.82, 2.24) is 15.2 Å². The summed E-state index contributed by atoms with van der Waals surface area (Å²) in [5, 5.41) is 6.14. The van der Waals surface area contributed by atoms with Gasteiger partial charge >= 0.3 is 0 Å². The lowest BCUT2D eigenvalue weighted by atomic mass is 10.2. The first-order chi connectivity index (χ1) is 12.7. The van der Waals surface area contributed by atoms with Crippen LogP contribution in [0.4, 0.5) is 5.69 Å². The number of nitrogens with one attached hydrogen (secondary N) is 1. The Bertz CT molecular complexity index is 875. The van der Waals surface area contributed by atoms with Crippen LogP contribution in [0.5, 0.6) is 0 Å². The molecular formula is C21H22N4O. The van der Waals surface area contributed by atoms with Gasteiger partial charge in [0.2, 0.25) is 5.91 Å².